The number of ether oxygens (including phenoxy) is 1. The van der Waals surface area contributed by atoms with Gasteiger partial charge < -0.3 is 15.4 Å². The van der Waals surface area contributed by atoms with Gasteiger partial charge in [0.05, 0.1) is 13.7 Å². The van der Waals surface area contributed by atoms with E-state index in [1.54, 1.807) is 18.4 Å². The van der Waals surface area contributed by atoms with Gasteiger partial charge in [0, 0.05) is 16.2 Å². The quantitative estimate of drug-likeness (QED) is 0.884. The Bertz CT molecular complexity index is 709. The number of hydrogen-bond donors (Lipinski definition) is 2. The maximum Gasteiger partial charge on any atom is 0.242 e. The van der Waals surface area contributed by atoms with Crippen LogP contribution in [0, 0.1) is 0 Å². The topological polar surface area (TPSA) is 67.4 Å². The Labute approximate surface area is 138 Å². The molecule has 5 nitrogen and oxygen atoms in total. The van der Waals surface area contributed by atoms with Gasteiger partial charge in [-0.1, -0.05) is 0 Å². The molecule has 1 fully saturated rings. The van der Waals surface area contributed by atoms with Crippen LogP contribution in [0.2, 0.25) is 0 Å². The van der Waals surface area contributed by atoms with Gasteiger partial charge in [-0.25, -0.2) is 0 Å². The number of carbonyl (C=O) groups is 2. The highest BCUT2D eigenvalue weighted by molar-refractivity contribution is 7.15. The molecule has 2 aromatic rings. The lowest BCUT2D eigenvalue weighted by Crippen LogP contribution is -2.41. The van der Waals surface area contributed by atoms with Gasteiger partial charge in [-0.3, -0.25) is 9.59 Å². The van der Waals surface area contributed by atoms with Crippen molar-refractivity contribution in [2.45, 2.75) is 25.4 Å². The Kier molecular flexibility index (Phi) is 4.62. The Hall–Kier alpha value is -2.34. The van der Waals surface area contributed by atoms with Crippen LogP contribution in [0.5, 0.6) is 5.75 Å². The zero-order valence-corrected chi connectivity index (χ0v) is 13.6. The maximum absolute atomic E-state index is 12.0. The third-order valence-corrected chi connectivity index (χ3v) is 4.92. The predicted octanol–water partition coefficient (Wildman–Crippen LogP) is 2.32. The molecule has 23 heavy (non-hydrogen) atoms. The standard InChI is InChI=1S/C17H18N2O3S/c1-22-12-4-2-11(3-5-12)15-8-6-13(23-15)10-18-17(21)14-7-9-16(20)19-14/h2-6,8,14H,7,9-10H2,1H3,(H,18,21)(H,19,20)/t14-/m1/s1. The van der Waals surface area contributed by atoms with E-state index in [2.05, 4.69) is 10.6 Å². The van der Waals surface area contributed by atoms with E-state index in [9.17, 15) is 9.59 Å². The predicted molar refractivity (Wildman–Crippen MR) is 89.3 cm³/mol. The second kappa shape index (κ2) is 6.83. The lowest BCUT2D eigenvalue weighted by molar-refractivity contribution is -0.125. The van der Waals surface area contributed by atoms with Crippen LogP contribution in [0.4, 0.5) is 0 Å². The van der Waals surface area contributed by atoms with Crippen molar-refractivity contribution in [1.82, 2.24) is 10.6 Å². The molecule has 1 atom stereocenters. The number of thiophene rings is 1. The van der Waals surface area contributed by atoms with Crippen LogP contribution in [-0.4, -0.2) is 25.0 Å². The molecule has 0 radical (unpaired) electrons. The number of nitrogens with one attached hydrogen (secondary N) is 2. The van der Waals surface area contributed by atoms with Gasteiger partial charge in [0.15, 0.2) is 0 Å². The summed E-state index contributed by atoms with van der Waals surface area (Å²) in [5, 5.41) is 5.55. The van der Waals surface area contributed by atoms with Crippen molar-refractivity contribution < 1.29 is 14.3 Å². The number of benzene rings is 1. The summed E-state index contributed by atoms with van der Waals surface area (Å²) in [5.41, 5.74) is 1.12. The van der Waals surface area contributed by atoms with Crippen molar-refractivity contribution in [2.75, 3.05) is 7.11 Å². The number of carbonyl (C=O) groups excluding carboxylic acids is 2. The fourth-order valence-corrected chi connectivity index (χ4v) is 3.44. The number of amides is 2. The first-order valence-corrected chi connectivity index (χ1v) is 8.27. The third-order valence-electron chi connectivity index (χ3n) is 3.78. The highest BCUT2D eigenvalue weighted by Gasteiger charge is 2.26. The smallest absolute Gasteiger partial charge is 0.242 e. The van der Waals surface area contributed by atoms with Gasteiger partial charge in [0.1, 0.15) is 11.8 Å². The Morgan fingerprint density at radius 2 is 2.09 bits per heavy atom. The molecule has 0 saturated carbocycles. The van der Waals surface area contributed by atoms with Crippen molar-refractivity contribution in [3.8, 4) is 16.2 Å². The first-order chi connectivity index (χ1) is 11.2. The van der Waals surface area contributed by atoms with Gasteiger partial charge in [-0.05, 0) is 48.4 Å². The minimum Gasteiger partial charge on any atom is -0.497 e. The summed E-state index contributed by atoms with van der Waals surface area (Å²) in [6.07, 6.45) is 1.00. The molecule has 0 bridgehead atoms. The normalized spacial score (nSPS) is 16.9. The second-order valence-electron chi connectivity index (χ2n) is 5.37. The lowest BCUT2D eigenvalue weighted by atomic mass is 10.2. The van der Waals surface area contributed by atoms with E-state index in [4.69, 9.17) is 4.74 Å². The van der Waals surface area contributed by atoms with Crippen molar-refractivity contribution in [3.05, 3.63) is 41.3 Å². The molecule has 120 valence electrons. The first-order valence-electron chi connectivity index (χ1n) is 7.46. The summed E-state index contributed by atoms with van der Waals surface area (Å²) in [6, 6.07) is 11.6. The van der Waals surface area contributed by atoms with E-state index in [0.717, 1.165) is 21.1 Å². The number of hydrogen-bond acceptors (Lipinski definition) is 4. The minimum absolute atomic E-state index is 0.0527. The molecule has 3 rings (SSSR count). The molecule has 1 aromatic heterocycles. The zero-order chi connectivity index (χ0) is 16.2. The van der Waals surface area contributed by atoms with E-state index < -0.39 is 0 Å². The van der Waals surface area contributed by atoms with Crippen molar-refractivity contribution >= 4 is 23.2 Å². The molecule has 1 aliphatic heterocycles. The van der Waals surface area contributed by atoms with Crippen LogP contribution >= 0.6 is 11.3 Å². The summed E-state index contributed by atoms with van der Waals surface area (Å²) in [4.78, 5) is 25.3. The molecular formula is C17H18N2O3S. The Morgan fingerprint density at radius 3 is 2.74 bits per heavy atom. The third kappa shape index (κ3) is 3.71. The van der Waals surface area contributed by atoms with E-state index >= 15 is 0 Å². The van der Waals surface area contributed by atoms with Crippen LogP contribution in [0.15, 0.2) is 36.4 Å². The molecule has 6 heteroatoms. The highest BCUT2D eigenvalue weighted by Crippen LogP contribution is 2.29. The van der Waals surface area contributed by atoms with Gasteiger partial charge in [0.25, 0.3) is 0 Å². The van der Waals surface area contributed by atoms with Crippen molar-refractivity contribution in [2.24, 2.45) is 0 Å². The van der Waals surface area contributed by atoms with Crippen molar-refractivity contribution in [1.29, 1.82) is 0 Å². The Balaban J connectivity index is 1.58. The molecule has 2 N–H and O–H groups in total. The fraction of sp³-hybridized carbons (Fsp3) is 0.294. The zero-order valence-electron chi connectivity index (χ0n) is 12.8. The van der Waals surface area contributed by atoms with E-state index in [1.165, 1.54) is 0 Å². The van der Waals surface area contributed by atoms with E-state index in [1.807, 2.05) is 36.4 Å². The van der Waals surface area contributed by atoms with Gasteiger partial charge in [-0.15, -0.1) is 11.3 Å². The molecular weight excluding hydrogens is 312 g/mol. The average molecular weight is 330 g/mol. The minimum atomic E-state index is -0.386. The molecule has 1 aromatic carbocycles. The van der Waals surface area contributed by atoms with Gasteiger partial charge in [0.2, 0.25) is 11.8 Å². The molecule has 1 aliphatic rings. The first kappa shape index (κ1) is 15.6. The molecule has 2 heterocycles. The monoisotopic (exact) mass is 330 g/mol. The maximum atomic E-state index is 12.0. The number of methoxy groups -OCH3 is 1. The van der Waals surface area contributed by atoms with Gasteiger partial charge in [-0.2, -0.15) is 0 Å². The summed E-state index contributed by atoms with van der Waals surface area (Å²) < 4.78 is 5.16. The van der Waals surface area contributed by atoms with Crippen LogP contribution < -0.4 is 15.4 Å². The SMILES string of the molecule is COc1ccc(-c2ccc(CNC(=O)[C@H]3CCC(=O)N3)s2)cc1. The van der Waals surface area contributed by atoms with Crippen LogP contribution in [0.25, 0.3) is 10.4 Å². The summed E-state index contributed by atoms with van der Waals surface area (Å²) in [7, 11) is 1.65. The lowest BCUT2D eigenvalue weighted by Gasteiger charge is -2.09. The highest BCUT2D eigenvalue weighted by atomic mass is 32.1. The molecule has 0 unspecified atom stereocenters. The van der Waals surface area contributed by atoms with Crippen LogP contribution in [0.1, 0.15) is 17.7 Å². The van der Waals surface area contributed by atoms with Gasteiger partial charge >= 0.3 is 0 Å². The average Bonchev–Trinajstić information content (AvgIpc) is 3.22. The molecule has 0 spiro atoms. The second-order valence-corrected chi connectivity index (χ2v) is 6.54. The van der Waals surface area contributed by atoms with Crippen LogP contribution in [-0.2, 0) is 16.1 Å². The molecule has 0 aliphatic carbocycles. The number of rotatable bonds is 5. The summed E-state index contributed by atoms with van der Waals surface area (Å²) in [5.74, 6) is 0.662. The fourth-order valence-electron chi connectivity index (χ4n) is 2.49. The van der Waals surface area contributed by atoms with E-state index in [0.29, 0.717) is 19.4 Å². The molecule has 1 saturated heterocycles. The summed E-state index contributed by atoms with van der Waals surface area (Å²) in [6.45, 7) is 0.478. The van der Waals surface area contributed by atoms with E-state index in [-0.39, 0.29) is 17.9 Å². The van der Waals surface area contributed by atoms with Crippen LogP contribution in [0.3, 0.4) is 0 Å². The van der Waals surface area contributed by atoms with Crippen molar-refractivity contribution in [3.63, 3.8) is 0 Å². The summed E-state index contributed by atoms with van der Waals surface area (Å²) >= 11 is 1.64. The largest absolute Gasteiger partial charge is 0.497 e. The molecule has 2 amide bonds. The Morgan fingerprint density at radius 1 is 1.30 bits per heavy atom.